The number of guanidine groups is 1. The molecule has 0 aliphatic carbocycles. The van der Waals surface area contributed by atoms with Gasteiger partial charge in [-0.2, -0.15) is 0 Å². The number of halogens is 3. The first kappa shape index (κ1) is 26.7. The molecule has 178 valence electrons. The number of thiazole rings is 1. The summed E-state index contributed by atoms with van der Waals surface area (Å²) in [5, 5.41) is 10.2. The topological polar surface area (TPSA) is 55.8 Å². The molecule has 2 fully saturated rings. The number of nitrogens with one attached hydrogen (secondary N) is 2. The number of aryl methyl sites for hydroxylation is 1. The molecule has 0 radical (unpaired) electrons. The van der Waals surface area contributed by atoms with Crippen LogP contribution in [-0.4, -0.2) is 79.0 Å². The molecule has 6 nitrogen and oxygen atoms in total. The number of alkyl halides is 2. The normalized spacial score (nSPS) is 20.1. The monoisotopic (exact) mass is 570 g/mol. The Morgan fingerprint density at radius 1 is 1.19 bits per heavy atom. The lowest BCUT2D eigenvalue weighted by Crippen LogP contribution is -2.49. The Morgan fingerprint density at radius 2 is 1.87 bits per heavy atom. The lowest BCUT2D eigenvalue weighted by atomic mass is 9.97. The van der Waals surface area contributed by atoms with E-state index in [4.69, 9.17) is 4.99 Å². The van der Waals surface area contributed by atoms with Crippen LogP contribution in [0.15, 0.2) is 10.4 Å². The number of nitrogens with zero attached hydrogens (tertiary/aromatic N) is 4. The summed E-state index contributed by atoms with van der Waals surface area (Å²) < 4.78 is 25.1. The molecule has 1 aromatic rings. The SMILES string of the molecule is CCNC(=NCC1CCN(Cc2csc(C)n2)CC1)NC1CCN(CC(F)F)CC1.I. The molecule has 31 heavy (non-hydrogen) atoms. The molecule has 2 saturated heterocycles. The van der Waals surface area contributed by atoms with E-state index in [2.05, 4.69) is 39.7 Å². The quantitative estimate of drug-likeness (QED) is 0.285. The van der Waals surface area contributed by atoms with Gasteiger partial charge in [-0.15, -0.1) is 35.3 Å². The second kappa shape index (κ2) is 13.8. The summed E-state index contributed by atoms with van der Waals surface area (Å²) in [5.41, 5.74) is 1.19. The molecule has 3 rings (SSSR count). The van der Waals surface area contributed by atoms with E-state index in [9.17, 15) is 8.78 Å². The van der Waals surface area contributed by atoms with Gasteiger partial charge in [0.2, 0.25) is 0 Å². The average Bonchev–Trinajstić information content (AvgIpc) is 3.13. The van der Waals surface area contributed by atoms with Crippen LogP contribution in [0, 0.1) is 12.8 Å². The highest BCUT2D eigenvalue weighted by Gasteiger charge is 2.23. The smallest absolute Gasteiger partial charge is 0.251 e. The predicted octanol–water partition coefficient (Wildman–Crippen LogP) is 3.57. The van der Waals surface area contributed by atoms with Crippen LogP contribution in [-0.2, 0) is 6.54 Å². The molecule has 2 N–H and O–H groups in total. The average molecular weight is 571 g/mol. The minimum Gasteiger partial charge on any atom is -0.357 e. The number of aliphatic imine (C=N–C) groups is 1. The minimum absolute atomic E-state index is 0. The maximum atomic E-state index is 12.5. The molecule has 2 aliphatic heterocycles. The van der Waals surface area contributed by atoms with Gasteiger partial charge in [0.25, 0.3) is 6.43 Å². The van der Waals surface area contributed by atoms with Crippen LogP contribution in [0.4, 0.5) is 8.78 Å². The van der Waals surface area contributed by atoms with Crippen molar-refractivity contribution in [1.29, 1.82) is 0 Å². The molecule has 3 heterocycles. The Morgan fingerprint density at radius 3 is 2.45 bits per heavy atom. The van der Waals surface area contributed by atoms with Crippen LogP contribution in [0.3, 0.4) is 0 Å². The fraction of sp³-hybridized carbons (Fsp3) is 0.810. The van der Waals surface area contributed by atoms with E-state index < -0.39 is 6.43 Å². The lowest BCUT2D eigenvalue weighted by Gasteiger charge is -2.33. The van der Waals surface area contributed by atoms with Crippen LogP contribution in [0.25, 0.3) is 0 Å². The number of rotatable bonds is 8. The van der Waals surface area contributed by atoms with Crippen molar-refractivity contribution in [2.45, 2.75) is 58.5 Å². The van der Waals surface area contributed by atoms with Crippen molar-refractivity contribution in [1.82, 2.24) is 25.4 Å². The van der Waals surface area contributed by atoms with Gasteiger partial charge in [-0.1, -0.05) is 0 Å². The Bertz CT molecular complexity index is 658. The highest BCUT2D eigenvalue weighted by molar-refractivity contribution is 14.0. The third-order valence-corrected chi connectivity index (χ3v) is 6.76. The van der Waals surface area contributed by atoms with Gasteiger partial charge in [-0.3, -0.25) is 14.8 Å². The molecular weight excluding hydrogens is 533 g/mol. The largest absolute Gasteiger partial charge is 0.357 e. The van der Waals surface area contributed by atoms with Crippen LogP contribution < -0.4 is 10.6 Å². The second-order valence-corrected chi connectivity index (χ2v) is 9.47. The number of aromatic nitrogens is 1. The van der Waals surface area contributed by atoms with E-state index in [1.54, 1.807) is 11.3 Å². The van der Waals surface area contributed by atoms with Crippen molar-refractivity contribution >= 4 is 41.3 Å². The van der Waals surface area contributed by atoms with Crippen molar-refractivity contribution in [3.05, 3.63) is 16.1 Å². The van der Waals surface area contributed by atoms with Gasteiger partial charge in [-0.25, -0.2) is 13.8 Å². The summed E-state index contributed by atoms with van der Waals surface area (Å²) in [6, 6.07) is 0.306. The molecular formula is C21H37F2IN6S. The summed E-state index contributed by atoms with van der Waals surface area (Å²) >= 11 is 1.72. The molecule has 0 spiro atoms. The first-order valence-corrected chi connectivity index (χ1v) is 12.1. The Labute approximate surface area is 206 Å². The highest BCUT2D eigenvalue weighted by atomic mass is 127. The zero-order chi connectivity index (χ0) is 21.3. The molecule has 0 aromatic carbocycles. The van der Waals surface area contributed by atoms with E-state index in [1.807, 2.05) is 4.90 Å². The van der Waals surface area contributed by atoms with Gasteiger partial charge in [0.05, 0.1) is 17.2 Å². The molecule has 10 heteroatoms. The predicted molar refractivity (Wildman–Crippen MR) is 135 cm³/mol. The Hall–Kier alpha value is -0.590. The molecule has 1 aromatic heterocycles. The van der Waals surface area contributed by atoms with Crippen LogP contribution >= 0.6 is 35.3 Å². The van der Waals surface area contributed by atoms with Gasteiger partial charge in [0.1, 0.15) is 0 Å². The van der Waals surface area contributed by atoms with Crippen molar-refractivity contribution in [3.8, 4) is 0 Å². The Balaban J connectivity index is 0.00000341. The maximum Gasteiger partial charge on any atom is 0.251 e. The van der Waals surface area contributed by atoms with Gasteiger partial charge in [0, 0.05) is 44.1 Å². The molecule has 0 atom stereocenters. The van der Waals surface area contributed by atoms with Crippen LogP contribution in [0.5, 0.6) is 0 Å². The number of hydrogen-bond acceptors (Lipinski definition) is 5. The lowest BCUT2D eigenvalue weighted by molar-refractivity contribution is 0.0744. The number of piperidine rings is 2. The van der Waals surface area contributed by atoms with Crippen molar-refractivity contribution in [2.24, 2.45) is 10.9 Å². The van der Waals surface area contributed by atoms with E-state index in [0.29, 0.717) is 12.0 Å². The highest BCUT2D eigenvalue weighted by Crippen LogP contribution is 2.20. The standard InChI is InChI=1S/C21H36F2N6S.HI/c1-3-24-21(27-18-6-10-29(11-7-18)14-20(22)23)25-12-17-4-8-28(9-5-17)13-19-15-30-16(2)26-19;/h15,17-18,20H,3-14H2,1-2H3,(H2,24,25,27);1H. The van der Waals surface area contributed by atoms with Crippen molar-refractivity contribution < 1.29 is 8.78 Å². The second-order valence-electron chi connectivity index (χ2n) is 8.41. The third-order valence-electron chi connectivity index (χ3n) is 5.94. The first-order chi connectivity index (χ1) is 14.5. The van der Waals surface area contributed by atoms with Crippen molar-refractivity contribution in [2.75, 3.05) is 45.8 Å². The summed E-state index contributed by atoms with van der Waals surface area (Å²) in [6.07, 6.45) is 1.85. The fourth-order valence-corrected chi connectivity index (χ4v) is 4.83. The van der Waals surface area contributed by atoms with Crippen LogP contribution in [0.2, 0.25) is 0 Å². The summed E-state index contributed by atoms with van der Waals surface area (Å²) in [5.74, 6) is 1.48. The zero-order valence-electron chi connectivity index (χ0n) is 18.7. The third kappa shape index (κ3) is 9.43. The van der Waals surface area contributed by atoms with Crippen LogP contribution in [0.1, 0.15) is 43.3 Å². The van der Waals surface area contributed by atoms with Gasteiger partial charge in [-0.05, 0) is 58.5 Å². The molecule has 2 aliphatic rings. The summed E-state index contributed by atoms with van der Waals surface area (Å²) in [4.78, 5) is 13.8. The van der Waals surface area contributed by atoms with Gasteiger partial charge < -0.3 is 10.6 Å². The van der Waals surface area contributed by atoms with E-state index in [0.717, 1.165) is 82.5 Å². The maximum absolute atomic E-state index is 12.5. The molecule has 0 saturated carbocycles. The number of likely N-dealkylation sites (tertiary alicyclic amines) is 2. The first-order valence-electron chi connectivity index (χ1n) is 11.2. The Kier molecular flexibility index (Phi) is 11.9. The summed E-state index contributed by atoms with van der Waals surface area (Å²) in [6.45, 7) is 10.3. The van der Waals surface area contributed by atoms with E-state index in [-0.39, 0.29) is 30.5 Å². The zero-order valence-corrected chi connectivity index (χ0v) is 21.8. The number of hydrogen-bond donors (Lipinski definition) is 2. The van der Waals surface area contributed by atoms with Crippen molar-refractivity contribution in [3.63, 3.8) is 0 Å². The summed E-state index contributed by atoms with van der Waals surface area (Å²) in [7, 11) is 0. The van der Waals surface area contributed by atoms with Gasteiger partial charge in [0.15, 0.2) is 5.96 Å². The molecule has 0 unspecified atom stereocenters. The fourth-order valence-electron chi connectivity index (χ4n) is 4.23. The van der Waals surface area contributed by atoms with E-state index >= 15 is 0 Å². The molecule has 0 bridgehead atoms. The molecule has 0 amide bonds. The minimum atomic E-state index is -2.24. The van der Waals surface area contributed by atoms with Gasteiger partial charge >= 0.3 is 0 Å². The van der Waals surface area contributed by atoms with E-state index in [1.165, 1.54) is 5.69 Å².